The van der Waals surface area contributed by atoms with Crippen LogP contribution >= 0.6 is 16.9 Å². The zero-order valence-electron chi connectivity index (χ0n) is 23.0. The Balaban J connectivity index is 1.04. The van der Waals surface area contributed by atoms with Crippen LogP contribution in [0.5, 0.6) is 0 Å². The normalized spacial score (nSPS) is 34.2. The second kappa shape index (κ2) is 11.2. The van der Waals surface area contributed by atoms with Crippen molar-refractivity contribution in [1.29, 1.82) is 0 Å². The first kappa shape index (κ1) is 26.6. The van der Waals surface area contributed by atoms with E-state index in [1.54, 1.807) is 0 Å². The van der Waals surface area contributed by atoms with Crippen molar-refractivity contribution in [1.82, 2.24) is 9.34 Å². The van der Waals surface area contributed by atoms with Gasteiger partial charge in [0.25, 0.3) is 0 Å². The zero-order chi connectivity index (χ0) is 26.4. The predicted octanol–water partition coefficient (Wildman–Crippen LogP) is 5.96. The van der Waals surface area contributed by atoms with Crippen LogP contribution in [0.15, 0.2) is 60.7 Å². The molecule has 0 spiro atoms. The molecular formula is C29H40N4O4P2. The summed E-state index contributed by atoms with van der Waals surface area (Å²) < 4.78 is 36.5. The molecule has 2 aromatic rings. The molecule has 0 bridgehead atoms. The first-order valence-corrected chi connectivity index (χ1v) is 16.8. The van der Waals surface area contributed by atoms with Crippen molar-refractivity contribution in [3.63, 3.8) is 0 Å². The summed E-state index contributed by atoms with van der Waals surface area (Å²) in [6.45, 7) is 9.29. The van der Waals surface area contributed by atoms with Crippen molar-refractivity contribution < 1.29 is 18.5 Å². The second-order valence-corrected chi connectivity index (χ2v) is 15.1. The summed E-state index contributed by atoms with van der Waals surface area (Å²) in [5.74, 6) is -0.654. The lowest BCUT2D eigenvalue weighted by Gasteiger charge is -2.31. The summed E-state index contributed by atoms with van der Waals surface area (Å²) in [5, 5.41) is 0. The smallest absolute Gasteiger partial charge is 0.218 e. The minimum Gasteiger partial charge on any atom is -0.342 e. The van der Waals surface area contributed by atoms with Crippen LogP contribution in [0, 0.1) is 0 Å². The molecule has 0 amide bonds. The van der Waals surface area contributed by atoms with Crippen molar-refractivity contribution in [2.75, 3.05) is 48.7 Å². The van der Waals surface area contributed by atoms with Crippen LogP contribution in [-0.2, 0) is 18.5 Å². The lowest BCUT2D eigenvalue weighted by Crippen LogP contribution is -2.33. The highest BCUT2D eigenvalue weighted by Crippen LogP contribution is 2.58. The number of benzene rings is 2. The predicted molar refractivity (Wildman–Crippen MR) is 157 cm³/mol. The standard InChI is InChI=1S/C29H40N4O4P2/c1-29(2)36-27(21-34-38-30-17-9-15-25(30)19-32(38)23-11-5-3-6-12-23)28(37-29)22-35-39-31-18-10-16-26(31)20-33(39)24-13-7-4-8-14-24/h3-8,11-14,25-28H,9-10,15-22H2,1-2H3/t25-,26-,27-,28-,38?,39?/m0/s1. The first-order chi connectivity index (χ1) is 19.1. The highest BCUT2D eigenvalue weighted by molar-refractivity contribution is 7.52. The van der Waals surface area contributed by atoms with Crippen molar-refractivity contribution in [2.24, 2.45) is 0 Å². The topological polar surface area (TPSA) is 49.9 Å². The Kier molecular flexibility index (Phi) is 7.59. The number of anilines is 2. The molecule has 7 rings (SSSR count). The molecule has 0 aliphatic carbocycles. The fourth-order valence-corrected chi connectivity index (χ4v) is 11.2. The monoisotopic (exact) mass is 570 g/mol. The molecule has 0 saturated carbocycles. The van der Waals surface area contributed by atoms with Gasteiger partial charge in [0.1, 0.15) is 12.2 Å². The summed E-state index contributed by atoms with van der Waals surface area (Å²) in [7, 11) is -1.75. The number of rotatable bonds is 8. The Morgan fingerprint density at radius 1 is 0.718 bits per heavy atom. The van der Waals surface area contributed by atoms with E-state index in [9.17, 15) is 0 Å². The van der Waals surface area contributed by atoms with E-state index < -0.39 is 22.7 Å². The maximum atomic E-state index is 6.76. The summed E-state index contributed by atoms with van der Waals surface area (Å²) >= 11 is 0. The number of ether oxygens (including phenoxy) is 2. The Hall–Kier alpha value is -1.34. The Bertz CT molecular complexity index is 1030. The minimum atomic E-state index is -0.876. The zero-order valence-corrected chi connectivity index (χ0v) is 24.8. The molecule has 5 aliphatic heterocycles. The van der Waals surface area contributed by atoms with Gasteiger partial charge in [-0.25, -0.2) is 9.34 Å². The van der Waals surface area contributed by atoms with Gasteiger partial charge in [-0.15, -0.1) is 0 Å². The number of fused-ring (bicyclic) bond motifs is 2. The third-order valence-corrected chi connectivity index (χ3v) is 12.7. The molecular weight excluding hydrogens is 530 g/mol. The number of para-hydroxylation sites is 2. The molecule has 5 heterocycles. The summed E-state index contributed by atoms with van der Waals surface area (Å²) in [5.41, 5.74) is 2.49. The van der Waals surface area contributed by atoms with Gasteiger partial charge in [-0.3, -0.25) is 0 Å². The molecule has 5 aliphatic rings. The third kappa shape index (κ3) is 5.36. The molecule has 0 aromatic heterocycles. The van der Waals surface area contributed by atoms with Gasteiger partial charge in [-0.05, 0) is 63.8 Å². The van der Waals surface area contributed by atoms with Gasteiger partial charge in [0.05, 0.1) is 13.2 Å². The fourth-order valence-electron chi connectivity index (χ4n) is 6.65. The Morgan fingerprint density at radius 3 is 1.59 bits per heavy atom. The third-order valence-electron chi connectivity index (χ3n) is 8.41. The van der Waals surface area contributed by atoms with Crippen LogP contribution in [-0.4, -0.2) is 78.8 Å². The van der Waals surface area contributed by atoms with E-state index in [0.717, 1.165) is 26.2 Å². The average molecular weight is 571 g/mol. The van der Waals surface area contributed by atoms with Crippen LogP contribution in [0.3, 0.4) is 0 Å². The lowest BCUT2D eigenvalue weighted by atomic mass is 10.2. The molecule has 2 aromatic carbocycles. The molecule has 0 N–H and O–H groups in total. The van der Waals surface area contributed by atoms with E-state index in [4.69, 9.17) is 18.5 Å². The van der Waals surface area contributed by atoms with Crippen LogP contribution in [0.1, 0.15) is 39.5 Å². The van der Waals surface area contributed by atoms with Crippen LogP contribution < -0.4 is 9.34 Å². The van der Waals surface area contributed by atoms with E-state index in [1.807, 2.05) is 13.8 Å². The van der Waals surface area contributed by atoms with E-state index >= 15 is 0 Å². The van der Waals surface area contributed by atoms with Gasteiger partial charge in [0.15, 0.2) is 5.79 Å². The molecule has 2 unspecified atom stereocenters. The highest BCUT2D eigenvalue weighted by Gasteiger charge is 2.48. The van der Waals surface area contributed by atoms with Crippen LogP contribution in [0.2, 0.25) is 0 Å². The van der Waals surface area contributed by atoms with Crippen molar-refractivity contribution >= 4 is 28.3 Å². The van der Waals surface area contributed by atoms with Gasteiger partial charge in [0.2, 0.25) is 16.9 Å². The lowest BCUT2D eigenvalue weighted by molar-refractivity contribution is -0.150. The van der Waals surface area contributed by atoms with Crippen molar-refractivity contribution in [3.05, 3.63) is 60.7 Å². The first-order valence-electron chi connectivity index (χ1n) is 14.5. The van der Waals surface area contributed by atoms with Crippen molar-refractivity contribution in [2.45, 2.75) is 69.6 Å². The Morgan fingerprint density at radius 2 is 1.15 bits per heavy atom. The fraction of sp³-hybridized carbons (Fsp3) is 0.586. The molecule has 6 atom stereocenters. The molecule has 210 valence electrons. The number of hydrogen-bond donors (Lipinski definition) is 0. The molecule has 39 heavy (non-hydrogen) atoms. The van der Waals surface area contributed by atoms with E-state index in [1.165, 1.54) is 37.1 Å². The maximum absolute atomic E-state index is 6.76. The molecule has 5 fully saturated rings. The van der Waals surface area contributed by atoms with E-state index in [-0.39, 0.29) is 12.2 Å². The van der Waals surface area contributed by atoms with Gasteiger partial charge < -0.3 is 27.9 Å². The average Bonchev–Trinajstić information content (AvgIpc) is 3.75. The molecule has 10 heteroatoms. The SMILES string of the molecule is CC1(C)O[C@@H](COP2N(c3ccccc3)C[C@@H]3CCCN32)[C@H](COP2N(c3ccccc3)C[C@@H]3CCCN32)O1. The molecule has 8 nitrogen and oxygen atoms in total. The molecule has 0 radical (unpaired) electrons. The van der Waals surface area contributed by atoms with Gasteiger partial charge in [0, 0.05) is 49.6 Å². The summed E-state index contributed by atoms with van der Waals surface area (Å²) in [4.78, 5) is 0. The van der Waals surface area contributed by atoms with Crippen molar-refractivity contribution in [3.8, 4) is 0 Å². The van der Waals surface area contributed by atoms with Gasteiger partial charge >= 0.3 is 0 Å². The van der Waals surface area contributed by atoms with E-state index in [0.29, 0.717) is 25.3 Å². The van der Waals surface area contributed by atoms with Gasteiger partial charge in [-0.1, -0.05) is 36.4 Å². The number of nitrogens with zero attached hydrogens (tertiary/aromatic N) is 4. The Labute approximate surface area is 235 Å². The minimum absolute atomic E-state index is 0.168. The summed E-state index contributed by atoms with van der Waals surface area (Å²) in [6, 6.07) is 22.6. The largest absolute Gasteiger partial charge is 0.342 e. The highest BCUT2D eigenvalue weighted by atomic mass is 31.2. The second-order valence-electron chi connectivity index (χ2n) is 11.6. The van der Waals surface area contributed by atoms with Crippen LogP contribution in [0.4, 0.5) is 11.4 Å². The molecule has 5 saturated heterocycles. The van der Waals surface area contributed by atoms with E-state index in [2.05, 4.69) is 79.3 Å². The maximum Gasteiger partial charge on any atom is 0.218 e. The van der Waals surface area contributed by atoms with Crippen LogP contribution in [0.25, 0.3) is 0 Å². The summed E-state index contributed by atoms with van der Waals surface area (Å²) in [6.07, 6.45) is 4.66. The quantitative estimate of drug-likeness (QED) is 0.361. The van der Waals surface area contributed by atoms with Gasteiger partial charge in [-0.2, -0.15) is 0 Å². The number of hydrogen-bond acceptors (Lipinski definition) is 8.